The Balaban J connectivity index is 1.90. The minimum Gasteiger partial charge on any atom is -0.358 e. The molecule has 0 heterocycles. The Kier molecular flexibility index (Phi) is 5.16. The van der Waals surface area contributed by atoms with Crippen LogP contribution in [0.4, 0.5) is 5.69 Å². The Morgan fingerprint density at radius 1 is 1.16 bits per heavy atom. The number of nitrogens with zero attached hydrogens (tertiary/aromatic N) is 1. The largest absolute Gasteiger partial charge is 0.358 e. The molecule has 4 heteroatoms. The fourth-order valence-electron chi connectivity index (χ4n) is 2.75. The highest BCUT2D eigenvalue weighted by Gasteiger charge is 2.26. The van der Waals surface area contributed by atoms with Crippen molar-refractivity contribution in [2.45, 2.75) is 37.8 Å². The van der Waals surface area contributed by atoms with Crippen molar-refractivity contribution in [3.05, 3.63) is 30.3 Å². The first-order valence-corrected chi connectivity index (χ1v) is 7.36. The van der Waals surface area contributed by atoms with E-state index in [1.54, 1.807) is 0 Å². The second-order valence-electron chi connectivity index (χ2n) is 5.39. The van der Waals surface area contributed by atoms with Crippen molar-refractivity contribution in [2.75, 3.05) is 19.4 Å². The van der Waals surface area contributed by atoms with Gasteiger partial charge in [-0.15, -0.1) is 0 Å². The van der Waals surface area contributed by atoms with Crippen molar-refractivity contribution < 1.29 is 0 Å². The molecule has 0 radical (unpaired) electrons. The maximum Gasteiger partial charge on any atom is 0.171 e. The zero-order valence-corrected chi connectivity index (χ0v) is 12.5. The van der Waals surface area contributed by atoms with Crippen LogP contribution in [0.5, 0.6) is 0 Å². The van der Waals surface area contributed by atoms with Gasteiger partial charge in [0.15, 0.2) is 5.11 Å². The SMILES string of the molecule is CN(C)[C@H]1CCCC[C@@H]1NC(=S)Nc1ccccc1. The van der Waals surface area contributed by atoms with E-state index >= 15 is 0 Å². The van der Waals surface area contributed by atoms with Gasteiger partial charge in [0, 0.05) is 17.8 Å². The van der Waals surface area contributed by atoms with Crippen LogP contribution in [0.25, 0.3) is 0 Å². The molecule has 2 N–H and O–H groups in total. The molecule has 1 saturated carbocycles. The number of hydrogen-bond donors (Lipinski definition) is 2. The molecule has 1 aliphatic carbocycles. The highest BCUT2D eigenvalue weighted by atomic mass is 32.1. The molecule has 0 aliphatic heterocycles. The van der Waals surface area contributed by atoms with Crippen molar-refractivity contribution in [3.8, 4) is 0 Å². The quantitative estimate of drug-likeness (QED) is 0.831. The van der Waals surface area contributed by atoms with Gasteiger partial charge in [-0.3, -0.25) is 0 Å². The number of para-hydroxylation sites is 1. The Labute approximate surface area is 121 Å². The molecule has 0 bridgehead atoms. The van der Waals surface area contributed by atoms with Crippen molar-refractivity contribution >= 4 is 23.0 Å². The summed E-state index contributed by atoms with van der Waals surface area (Å²) in [7, 11) is 4.30. The number of likely N-dealkylation sites (N-methyl/N-ethyl adjacent to an activating group) is 1. The lowest BCUT2D eigenvalue weighted by Crippen LogP contribution is -2.52. The molecular weight excluding hydrogens is 254 g/mol. The number of anilines is 1. The van der Waals surface area contributed by atoms with Crippen LogP contribution in [0, 0.1) is 0 Å². The van der Waals surface area contributed by atoms with Gasteiger partial charge in [0.25, 0.3) is 0 Å². The normalized spacial score (nSPS) is 23.1. The summed E-state index contributed by atoms with van der Waals surface area (Å²) in [5.41, 5.74) is 1.04. The monoisotopic (exact) mass is 277 g/mol. The summed E-state index contributed by atoms with van der Waals surface area (Å²) in [6.45, 7) is 0. The zero-order valence-electron chi connectivity index (χ0n) is 11.7. The molecule has 2 rings (SSSR count). The summed E-state index contributed by atoms with van der Waals surface area (Å²) >= 11 is 5.42. The summed E-state index contributed by atoms with van der Waals surface area (Å²) in [6, 6.07) is 11.1. The van der Waals surface area contributed by atoms with Crippen molar-refractivity contribution in [3.63, 3.8) is 0 Å². The molecule has 19 heavy (non-hydrogen) atoms. The van der Waals surface area contributed by atoms with E-state index in [0.29, 0.717) is 12.1 Å². The lowest BCUT2D eigenvalue weighted by atomic mass is 9.90. The minimum atomic E-state index is 0.451. The molecule has 0 unspecified atom stereocenters. The van der Waals surface area contributed by atoms with Gasteiger partial charge in [-0.25, -0.2) is 0 Å². The maximum absolute atomic E-state index is 5.42. The number of rotatable bonds is 3. The van der Waals surface area contributed by atoms with Crippen molar-refractivity contribution in [2.24, 2.45) is 0 Å². The fourth-order valence-corrected chi connectivity index (χ4v) is 3.02. The average molecular weight is 277 g/mol. The maximum atomic E-state index is 5.42. The molecule has 1 aromatic rings. The standard InChI is InChI=1S/C15H23N3S/c1-18(2)14-11-7-6-10-13(14)17-15(19)16-12-8-4-3-5-9-12/h3-5,8-9,13-14H,6-7,10-11H2,1-2H3,(H2,16,17,19)/t13-,14-/m0/s1. The van der Waals surface area contributed by atoms with Crippen LogP contribution < -0.4 is 10.6 Å². The Bertz CT molecular complexity index is 405. The lowest BCUT2D eigenvalue weighted by molar-refractivity contribution is 0.190. The molecule has 0 aromatic heterocycles. The van der Waals surface area contributed by atoms with E-state index in [-0.39, 0.29) is 0 Å². The summed E-state index contributed by atoms with van der Waals surface area (Å²) < 4.78 is 0. The van der Waals surface area contributed by atoms with Crippen LogP contribution in [0.2, 0.25) is 0 Å². The summed E-state index contributed by atoms with van der Waals surface area (Å²) in [5, 5.41) is 7.45. The van der Waals surface area contributed by atoms with E-state index in [0.717, 1.165) is 10.8 Å². The number of hydrogen-bond acceptors (Lipinski definition) is 2. The van der Waals surface area contributed by atoms with E-state index < -0.39 is 0 Å². The average Bonchev–Trinajstić information content (AvgIpc) is 2.40. The molecule has 0 amide bonds. The van der Waals surface area contributed by atoms with Gasteiger partial charge >= 0.3 is 0 Å². The van der Waals surface area contributed by atoms with Crippen molar-refractivity contribution in [1.82, 2.24) is 10.2 Å². The molecule has 3 nitrogen and oxygen atoms in total. The Morgan fingerprint density at radius 3 is 2.53 bits per heavy atom. The number of thiocarbonyl (C=S) groups is 1. The predicted molar refractivity (Wildman–Crippen MR) is 85.5 cm³/mol. The van der Waals surface area contributed by atoms with Crippen LogP contribution in [0.15, 0.2) is 30.3 Å². The van der Waals surface area contributed by atoms with E-state index in [4.69, 9.17) is 12.2 Å². The van der Waals surface area contributed by atoms with E-state index in [1.165, 1.54) is 25.7 Å². The zero-order chi connectivity index (χ0) is 13.7. The van der Waals surface area contributed by atoms with E-state index in [2.05, 4.69) is 29.6 Å². The smallest absolute Gasteiger partial charge is 0.171 e. The third-order valence-corrected chi connectivity index (χ3v) is 3.96. The third kappa shape index (κ3) is 4.18. The van der Waals surface area contributed by atoms with Gasteiger partial charge in [0.2, 0.25) is 0 Å². The van der Waals surface area contributed by atoms with Gasteiger partial charge in [0.05, 0.1) is 0 Å². The van der Waals surface area contributed by atoms with Crippen LogP contribution in [-0.4, -0.2) is 36.2 Å². The second kappa shape index (κ2) is 6.87. The topological polar surface area (TPSA) is 27.3 Å². The summed E-state index contributed by atoms with van der Waals surface area (Å²) in [5.74, 6) is 0. The molecular formula is C15H23N3S. The fraction of sp³-hybridized carbons (Fsp3) is 0.533. The Morgan fingerprint density at radius 2 is 1.84 bits per heavy atom. The molecule has 2 atom stereocenters. The number of nitrogens with one attached hydrogen (secondary N) is 2. The van der Waals surface area contributed by atoms with Crippen LogP contribution in [0.1, 0.15) is 25.7 Å². The highest BCUT2D eigenvalue weighted by molar-refractivity contribution is 7.80. The van der Waals surface area contributed by atoms with Gasteiger partial charge < -0.3 is 15.5 Å². The van der Waals surface area contributed by atoms with Crippen LogP contribution >= 0.6 is 12.2 Å². The lowest BCUT2D eigenvalue weighted by Gasteiger charge is -2.37. The molecule has 0 spiro atoms. The first-order valence-electron chi connectivity index (χ1n) is 6.96. The second-order valence-corrected chi connectivity index (χ2v) is 5.79. The summed E-state index contributed by atoms with van der Waals surface area (Å²) in [6.07, 6.45) is 5.05. The van der Waals surface area contributed by atoms with Gasteiger partial charge in [-0.1, -0.05) is 31.0 Å². The van der Waals surface area contributed by atoms with Gasteiger partial charge in [0.1, 0.15) is 0 Å². The van der Waals surface area contributed by atoms with E-state index in [9.17, 15) is 0 Å². The van der Waals surface area contributed by atoms with Crippen LogP contribution in [-0.2, 0) is 0 Å². The third-order valence-electron chi connectivity index (χ3n) is 3.74. The molecule has 0 saturated heterocycles. The first kappa shape index (κ1) is 14.3. The van der Waals surface area contributed by atoms with Crippen molar-refractivity contribution in [1.29, 1.82) is 0 Å². The number of benzene rings is 1. The minimum absolute atomic E-state index is 0.451. The predicted octanol–water partition coefficient (Wildman–Crippen LogP) is 2.85. The van der Waals surface area contributed by atoms with Crippen LogP contribution in [0.3, 0.4) is 0 Å². The first-order chi connectivity index (χ1) is 9.16. The highest BCUT2D eigenvalue weighted by Crippen LogP contribution is 2.21. The molecule has 104 valence electrons. The molecule has 1 fully saturated rings. The van der Waals surface area contributed by atoms with Gasteiger partial charge in [-0.05, 0) is 51.3 Å². The van der Waals surface area contributed by atoms with Gasteiger partial charge in [-0.2, -0.15) is 0 Å². The molecule has 1 aromatic carbocycles. The Hall–Kier alpha value is -1.13. The van der Waals surface area contributed by atoms with E-state index in [1.807, 2.05) is 30.3 Å². The summed E-state index contributed by atoms with van der Waals surface area (Å²) in [4.78, 5) is 2.31. The molecule has 1 aliphatic rings.